The van der Waals surface area contributed by atoms with E-state index in [-0.39, 0.29) is 22.8 Å². The van der Waals surface area contributed by atoms with Crippen LogP contribution in [0.3, 0.4) is 0 Å². The van der Waals surface area contributed by atoms with Gasteiger partial charge in [-0.05, 0) is 72.8 Å². The Bertz CT molecular complexity index is 1220. The predicted octanol–water partition coefficient (Wildman–Crippen LogP) is 3.72. The number of hydrogen-bond donors (Lipinski definition) is 2. The predicted molar refractivity (Wildman–Crippen MR) is 124 cm³/mol. The van der Waals surface area contributed by atoms with Crippen LogP contribution in [-0.2, 0) is 10.0 Å². The lowest BCUT2D eigenvalue weighted by molar-refractivity contribution is 0.0698. The highest BCUT2D eigenvalue weighted by Gasteiger charge is 2.25. The molecule has 3 aromatic rings. The number of carbonyl (C=O) groups excluding carboxylic acids is 2. The Kier molecular flexibility index (Phi) is 6.75. The first-order chi connectivity index (χ1) is 15.8. The van der Waals surface area contributed by atoms with E-state index in [1.165, 1.54) is 35.6 Å². The van der Waals surface area contributed by atoms with Crippen LogP contribution in [0, 0.1) is 5.82 Å². The summed E-state index contributed by atoms with van der Waals surface area (Å²) in [5.74, 6) is -0.768. The second kappa shape index (κ2) is 9.72. The Hall–Kier alpha value is -3.24. The zero-order valence-electron chi connectivity index (χ0n) is 17.5. The molecule has 1 saturated heterocycles. The van der Waals surface area contributed by atoms with Crippen molar-refractivity contribution in [3.8, 4) is 0 Å². The summed E-state index contributed by atoms with van der Waals surface area (Å²) in [4.78, 5) is 26.7. The number of amides is 2. The fraction of sp³-hybridized carbons (Fsp3) is 0.217. The number of nitrogens with zero attached hydrogens (tertiary/aromatic N) is 1. The summed E-state index contributed by atoms with van der Waals surface area (Å²) in [5, 5.41) is 6.67. The summed E-state index contributed by atoms with van der Waals surface area (Å²) in [5.41, 5.74) is 1.39. The lowest BCUT2D eigenvalue weighted by atomic mass is 10.0. The van der Waals surface area contributed by atoms with Crippen LogP contribution >= 0.6 is 11.3 Å². The van der Waals surface area contributed by atoms with Crippen LogP contribution in [-0.4, -0.2) is 44.3 Å². The average molecular weight is 488 g/mol. The molecule has 2 amide bonds. The summed E-state index contributed by atoms with van der Waals surface area (Å²) < 4.78 is 40.3. The van der Waals surface area contributed by atoms with Crippen molar-refractivity contribution < 1.29 is 22.4 Å². The van der Waals surface area contributed by atoms with Crippen molar-refractivity contribution in [1.82, 2.24) is 10.2 Å². The Morgan fingerprint density at radius 1 is 0.939 bits per heavy atom. The van der Waals surface area contributed by atoms with E-state index in [2.05, 4.69) is 10.0 Å². The van der Waals surface area contributed by atoms with Gasteiger partial charge in [-0.15, -0.1) is 0 Å². The minimum atomic E-state index is -3.86. The SMILES string of the molecule is O=C(NC1CCN(C(=O)c2ccc(NS(=O)(=O)c3ccc(F)cc3)cc2)CC1)c1ccsc1. The Morgan fingerprint density at radius 2 is 1.61 bits per heavy atom. The molecule has 10 heteroatoms. The van der Waals surface area contributed by atoms with Gasteiger partial charge in [-0.3, -0.25) is 14.3 Å². The van der Waals surface area contributed by atoms with Crippen LogP contribution in [0.2, 0.25) is 0 Å². The highest BCUT2D eigenvalue weighted by molar-refractivity contribution is 7.92. The number of halogens is 1. The van der Waals surface area contributed by atoms with Gasteiger partial charge in [0, 0.05) is 41.3 Å². The molecule has 0 saturated carbocycles. The summed E-state index contributed by atoms with van der Waals surface area (Å²) in [6, 6.07) is 12.5. The normalized spacial score (nSPS) is 14.6. The number of likely N-dealkylation sites (tertiary alicyclic amines) is 1. The number of benzene rings is 2. The van der Waals surface area contributed by atoms with Gasteiger partial charge in [-0.25, -0.2) is 12.8 Å². The molecule has 33 heavy (non-hydrogen) atoms. The van der Waals surface area contributed by atoms with Gasteiger partial charge in [0.15, 0.2) is 0 Å². The molecule has 1 aromatic heterocycles. The summed E-state index contributed by atoms with van der Waals surface area (Å²) in [6.07, 6.45) is 1.33. The molecule has 0 unspecified atom stereocenters. The number of anilines is 1. The van der Waals surface area contributed by atoms with Crippen molar-refractivity contribution in [1.29, 1.82) is 0 Å². The quantitative estimate of drug-likeness (QED) is 0.554. The van der Waals surface area contributed by atoms with Crippen molar-refractivity contribution >= 4 is 38.9 Å². The van der Waals surface area contributed by atoms with Gasteiger partial charge < -0.3 is 10.2 Å². The first kappa shape index (κ1) is 22.9. The molecule has 0 atom stereocenters. The van der Waals surface area contributed by atoms with Gasteiger partial charge in [-0.2, -0.15) is 11.3 Å². The maximum atomic E-state index is 13.0. The van der Waals surface area contributed by atoms with Crippen LogP contribution in [0.5, 0.6) is 0 Å². The van der Waals surface area contributed by atoms with E-state index < -0.39 is 15.8 Å². The van der Waals surface area contributed by atoms with Crippen LogP contribution in [0.25, 0.3) is 0 Å². The average Bonchev–Trinajstić information content (AvgIpc) is 3.35. The Labute approximate surface area is 195 Å². The third-order valence-electron chi connectivity index (χ3n) is 5.41. The zero-order valence-corrected chi connectivity index (χ0v) is 19.2. The highest BCUT2D eigenvalue weighted by Crippen LogP contribution is 2.19. The molecule has 172 valence electrons. The molecule has 0 spiro atoms. The maximum Gasteiger partial charge on any atom is 0.261 e. The Morgan fingerprint density at radius 3 is 2.21 bits per heavy atom. The summed E-state index contributed by atoms with van der Waals surface area (Å²) in [7, 11) is -3.86. The lowest BCUT2D eigenvalue weighted by Crippen LogP contribution is -2.46. The number of carbonyl (C=O) groups is 2. The number of sulfonamides is 1. The van der Waals surface area contributed by atoms with Crippen LogP contribution in [0.1, 0.15) is 33.6 Å². The molecule has 1 fully saturated rings. The number of nitrogens with one attached hydrogen (secondary N) is 2. The van der Waals surface area contributed by atoms with Crippen molar-refractivity contribution in [2.75, 3.05) is 17.8 Å². The van der Waals surface area contributed by atoms with E-state index in [9.17, 15) is 22.4 Å². The molecule has 0 bridgehead atoms. The topological polar surface area (TPSA) is 95.6 Å². The third-order valence-corrected chi connectivity index (χ3v) is 7.49. The molecule has 4 rings (SSSR count). The maximum absolute atomic E-state index is 13.0. The number of thiophene rings is 1. The molecule has 1 aliphatic rings. The van der Waals surface area contributed by atoms with Crippen molar-refractivity contribution in [2.45, 2.75) is 23.8 Å². The second-order valence-corrected chi connectivity index (χ2v) is 10.2. The summed E-state index contributed by atoms with van der Waals surface area (Å²) in [6.45, 7) is 1.04. The van der Waals surface area contributed by atoms with E-state index in [4.69, 9.17) is 0 Å². The van der Waals surface area contributed by atoms with Crippen LogP contribution in [0.15, 0.2) is 70.3 Å². The minimum absolute atomic E-state index is 0.0182. The van der Waals surface area contributed by atoms with Gasteiger partial charge in [-0.1, -0.05) is 0 Å². The molecule has 7 nitrogen and oxygen atoms in total. The Balaban J connectivity index is 1.32. The van der Waals surface area contributed by atoms with Gasteiger partial charge in [0.2, 0.25) is 0 Å². The zero-order chi connectivity index (χ0) is 23.4. The smallest absolute Gasteiger partial charge is 0.261 e. The van der Waals surface area contributed by atoms with Gasteiger partial charge in [0.1, 0.15) is 5.82 Å². The van der Waals surface area contributed by atoms with Gasteiger partial charge in [0.05, 0.1) is 4.90 Å². The minimum Gasteiger partial charge on any atom is -0.349 e. The molecule has 2 aromatic carbocycles. The third kappa shape index (κ3) is 5.58. The first-order valence-corrected chi connectivity index (χ1v) is 12.8. The summed E-state index contributed by atoms with van der Waals surface area (Å²) >= 11 is 1.47. The van der Waals surface area contributed by atoms with Crippen molar-refractivity contribution in [2.24, 2.45) is 0 Å². The lowest BCUT2D eigenvalue weighted by Gasteiger charge is -2.32. The van der Waals surface area contributed by atoms with E-state index in [0.29, 0.717) is 42.7 Å². The molecule has 0 aliphatic carbocycles. The van der Waals surface area contributed by atoms with Crippen molar-refractivity contribution in [3.63, 3.8) is 0 Å². The van der Waals surface area contributed by atoms with E-state index >= 15 is 0 Å². The fourth-order valence-corrected chi connectivity index (χ4v) is 5.28. The number of hydrogen-bond acceptors (Lipinski definition) is 5. The standard InChI is InChI=1S/C23H22FN3O4S2/c24-18-3-7-21(8-4-18)33(30,31)26-20-5-1-16(2-6-20)23(29)27-12-9-19(10-13-27)25-22(28)17-11-14-32-15-17/h1-8,11,14-15,19,26H,9-10,12-13H2,(H,25,28). The molecular weight excluding hydrogens is 465 g/mol. The molecule has 1 aliphatic heterocycles. The monoisotopic (exact) mass is 487 g/mol. The van der Waals surface area contributed by atoms with Gasteiger partial charge >= 0.3 is 0 Å². The molecule has 2 heterocycles. The molecule has 0 radical (unpaired) electrons. The van der Waals surface area contributed by atoms with Gasteiger partial charge in [0.25, 0.3) is 21.8 Å². The van der Waals surface area contributed by atoms with Crippen LogP contribution < -0.4 is 10.0 Å². The first-order valence-electron chi connectivity index (χ1n) is 10.3. The molecular formula is C23H22FN3O4S2. The fourth-order valence-electron chi connectivity index (χ4n) is 3.58. The van der Waals surface area contributed by atoms with E-state index in [1.54, 1.807) is 28.5 Å². The number of piperidine rings is 1. The highest BCUT2D eigenvalue weighted by atomic mass is 32.2. The van der Waals surface area contributed by atoms with Crippen LogP contribution in [0.4, 0.5) is 10.1 Å². The van der Waals surface area contributed by atoms with Crippen molar-refractivity contribution in [3.05, 3.63) is 82.3 Å². The largest absolute Gasteiger partial charge is 0.349 e. The van der Waals surface area contributed by atoms with E-state index in [0.717, 1.165) is 12.1 Å². The van der Waals surface area contributed by atoms with E-state index in [1.807, 2.05) is 5.38 Å². The number of rotatable bonds is 6. The molecule has 2 N–H and O–H groups in total. The second-order valence-electron chi connectivity index (χ2n) is 7.69.